The highest BCUT2D eigenvalue weighted by atomic mass is 16.6. The summed E-state index contributed by atoms with van der Waals surface area (Å²) in [6, 6.07) is 4.63. The molecule has 3 aliphatic heterocycles. The molecular formula is C20H24N6O5. The second-order valence-electron chi connectivity index (χ2n) is 7.50. The van der Waals surface area contributed by atoms with Gasteiger partial charge in [-0.15, -0.1) is 0 Å². The van der Waals surface area contributed by atoms with Crippen molar-refractivity contribution < 1.29 is 19.2 Å². The predicted molar refractivity (Wildman–Crippen MR) is 112 cm³/mol. The quantitative estimate of drug-likeness (QED) is 0.463. The number of hydrogen-bond acceptors (Lipinski definition) is 9. The number of benzene rings is 1. The normalized spacial score (nSPS) is 18.7. The molecule has 1 unspecified atom stereocenters. The highest BCUT2D eigenvalue weighted by molar-refractivity contribution is 6.04. The van der Waals surface area contributed by atoms with Gasteiger partial charge in [-0.1, -0.05) is 6.07 Å². The fourth-order valence-corrected chi connectivity index (χ4v) is 3.88. The third kappa shape index (κ3) is 3.84. The molecule has 0 radical (unpaired) electrons. The van der Waals surface area contributed by atoms with Crippen LogP contribution in [0.5, 0.6) is 5.75 Å². The lowest BCUT2D eigenvalue weighted by Crippen LogP contribution is -2.51. The van der Waals surface area contributed by atoms with Crippen molar-refractivity contribution in [2.24, 2.45) is 10.7 Å². The van der Waals surface area contributed by atoms with Crippen molar-refractivity contribution in [1.29, 1.82) is 0 Å². The number of carbonyl (C=O) groups is 1. The number of nitrogens with two attached hydrogens (primary N) is 1. The van der Waals surface area contributed by atoms with Gasteiger partial charge < -0.3 is 20.5 Å². The molecule has 0 aliphatic carbocycles. The van der Waals surface area contributed by atoms with Gasteiger partial charge in [-0.25, -0.2) is 10.0 Å². The van der Waals surface area contributed by atoms with Crippen LogP contribution in [0.1, 0.15) is 18.9 Å². The van der Waals surface area contributed by atoms with E-state index in [1.165, 1.54) is 13.2 Å². The van der Waals surface area contributed by atoms with Gasteiger partial charge in [0.25, 0.3) is 0 Å². The molecule has 3 aliphatic rings. The number of hydrogen-bond donors (Lipinski definition) is 2. The van der Waals surface area contributed by atoms with Crippen molar-refractivity contribution >= 4 is 17.4 Å². The third-order valence-electron chi connectivity index (χ3n) is 5.46. The van der Waals surface area contributed by atoms with E-state index in [9.17, 15) is 14.9 Å². The summed E-state index contributed by atoms with van der Waals surface area (Å²) in [7, 11) is 1.39. The molecular weight excluding hydrogens is 404 g/mol. The fourth-order valence-electron chi connectivity index (χ4n) is 3.88. The third-order valence-corrected chi connectivity index (χ3v) is 5.46. The molecule has 0 bridgehead atoms. The molecule has 0 spiro atoms. The molecule has 4 rings (SSSR count). The van der Waals surface area contributed by atoms with Crippen LogP contribution in [0.15, 0.2) is 46.4 Å². The topological polar surface area (TPSA) is 136 Å². The Hall–Kier alpha value is -3.44. The lowest BCUT2D eigenvalue weighted by molar-refractivity contribution is -0.385. The van der Waals surface area contributed by atoms with Crippen molar-refractivity contribution in [2.45, 2.75) is 26.0 Å². The minimum Gasteiger partial charge on any atom is -0.490 e. The van der Waals surface area contributed by atoms with Gasteiger partial charge in [0.2, 0.25) is 5.91 Å². The monoisotopic (exact) mass is 428 g/mol. The Bertz CT molecular complexity index is 1020. The van der Waals surface area contributed by atoms with Crippen LogP contribution in [0.4, 0.5) is 5.69 Å². The first-order valence-electron chi connectivity index (χ1n) is 9.89. The molecule has 1 aromatic carbocycles. The molecule has 0 aromatic heterocycles. The van der Waals surface area contributed by atoms with Crippen LogP contribution in [0, 0.1) is 10.1 Å². The number of aliphatic imine (C=N–C) groups is 1. The van der Waals surface area contributed by atoms with E-state index in [0.717, 1.165) is 17.8 Å². The number of ether oxygens (including phenoxy) is 2. The van der Waals surface area contributed by atoms with Crippen molar-refractivity contribution in [3.05, 3.63) is 57.0 Å². The summed E-state index contributed by atoms with van der Waals surface area (Å²) in [4.78, 5) is 27.3. The van der Waals surface area contributed by atoms with Gasteiger partial charge in [0.15, 0.2) is 5.75 Å². The summed E-state index contributed by atoms with van der Waals surface area (Å²) in [6.07, 6.45) is 2.72. The maximum atomic E-state index is 12.0. The van der Waals surface area contributed by atoms with E-state index in [1.807, 2.05) is 23.1 Å². The Balaban J connectivity index is 1.44. The Morgan fingerprint density at radius 1 is 1.45 bits per heavy atom. The van der Waals surface area contributed by atoms with Crippen molar-refractivity contribution in [3.63, 3.8) is 0 Å². The number of amides is 1. The molecule has 31 heavy (non-hydrogen) atoms. The number of primary amides is 1. The van der Waals surface area contributed by atoms with Crippen molar-refractivity contribution in [1.82, 2.24) is 15.3 Å². The molecule has 3 N–H and O–H groups in total. The molecule has 1 aromatic rings. The van der Waals surface area contributed by atoms with E-state index in [2.05, 4.69) is 10.3 Å². The highest BCUT2D eigenvalue weighted by Gasteiger charge is 2.41. The average molecular weight is 428 g/mol. The Labute approximate surface area is 178 Å². The Morgan fingerprint density at radius 3 is 2.97 bits per heavy atom. The summed E-state index contributed by atoms with van der Waals surface area (Å²) >= 11 is 0. The summed E-state index contributed by atoms with van der Waals surface area (Å²) in [6.45, 7) is 3.56. The molecule has 11 heteroatoms. The van der Waals surface area contributed by atoms with E-state index >= 15 is 0 Å². The van der Waals surface area contributed by atoms with Crippen LogP contribution in [-0.2, 0) is 16.1 Å². The zero-order valence-electron chi connectivity index (χ0n) is 17.3. The highest BCUT2D eigenvalue weighted by Crippen LogP contribution is 2.32. The summed E-state index contributed by atoms with van der Waals surface area (Å²) in [5.74, 6) is 1.18. The van der Waals surface area contributed by atoms with Crippen LogP contribution >= 0.6 is 0 Å². The van der Waals surface area contributed by atoms with Gasteiger partial charge >= 0.3 is 5.69 Å². The summed E-state index contributed by atoms with van der Waals surface area (Å²) in [5, 5.41) is 18.3. The van der Waals surface area contributed by atoms with Crippen molar-refractivity contribution in [2.75, 3.05) is 26.8 Å². The minimum atomic E-state index is -0.482. The lowest BCUT2D eigenvalue weighted by atomic mass is 10.2. The van der Waals surface area contributed by atoms with Gasteiger partial charge in [0.1, 0.15) is 11.7 Å². The van der Waals surface area contributed by atoms with Crippen LogP contribution in [0.25, 0.3) is 0 Å². The average Bonchev–Trinajstić information content (AvgIpc) is 3.37. The SMILES string of the molecule is COc1ccc(COCC(C)N2CC(C(N)=O)=C3NC=C4CCN=C4N32)cc1[N+](=O)[O-]. The number of fused-ring (bicyclic) bond motifs is 3. The predicted octanol–water partition coefficient (Wildman–Crippen LogP) is 1.03. The fraction of sp³-hybridized carbons (Fsp3) is 0.400. The van der Waals surface area contributed by atoms with Crippen LogP contribution < -0.4 is 15.8 Å². The Morgan fingerprint density at radius 2 is 2.26 bits per heavy atom. The Kier molecular flexibility index (Phi) is 5.61. The first kappa shape index (κ1) is 20.8. The first-order chi connectivity index (χ1) is 14.9. The van der Waals surface area contributed by atoms with Gasteiger partial charge in [0, 0.05) is 24.4 Å². The maximum Gasteiger partial charge on any atom is 0.311 e. The number of nitrogens with one attached hydrogen (secondary N) is 1. The number of methoxy groups -OCH3 is 1. The number of nitrogens with zero attached hydrogens (tertiary/aromatic N) is 4. The molecule has 1 atom stereocenters. The van der Waals surface area contributed by atoms with E-state index in [4.69, 9.17) is 15.2 Å². The van der Waals surface area contributed by atoms with Gasteiger partial charge in [0.05, 0.1) is 43.4 Å². The van der Waals surface area contributed by atoms with E-state index in [1.54, 1.807) is 12.1 Å². The maximum absolute atomic E-state index is 12.0. The van der Waals surface area contributed by atoms with Gasteiger partial charge in [-0.3, -0.25) is 19.9 Å². The molecule has 164 valence electrons. The molecule has 0 fully saturated rings. The lowest BCUT2D eigenvalue weighted by Gasteiger charge is -2.38. The number of rotatable bonds is 8. The second-order valence-corrected chi connectivity index (χ2v) is 7.50. The van der Waals surface area contributed by atoms with Gasteiger partial charge in [-0.2, -0.15) is 0 Å². The summed E-state index contributed by atoms with van der Waals surface area (Å²) < 4.78 is 10.9. The number of nitro benzene ring substituents is 1. The van der Waals surface area contributed by atoms with Crippen LogP contribution in [0.3, 0.4) is 0 Å². The number of amidine groups is 1. The van der Waals surface area contributed by atoms with Crippen LogP contribution in [-0.4, -0.2) is 59.5 Å². The summed E-state index contributed by atoms with van der Waals surface area (Å²) in [5.41, 5.74) is 7.73. The largest absolute Gasteiger partial charge is 0.490 e. The molecule has 0 saturated heterocycles. The minimum absolute atomic E-state index is 0.103. The number of hydrazine groups is 1. The second kappa shape index (κ2) is 8.36. The molecule has 3 heterocycles. The zero-order chi connectivity index (χ0) is 22.1. The molecule has 1 amide bonds. The zero-order valence-corrected chi connectivity index (χ0v) is 17.3. The van der Waals surface area contributed by atoms with E-state index in [-0.39, 0.29) is 24.1 Å². The van der Waals surface area contributed by atoms with Gasteiger partial charge in [-0.05, 0) is 25.0 Å². The molecule has 0 saturated carbocycles. The number of nitro groups is 1. The van der Waals surface area contributed by atoms with E-state index < -0.39 is 10.8 Å². The number of carbonyl (C=O) groups excluding carboxylic acids is 1. The smallest absolute Gasteiger partial charge is 0.311 e. The van der Waals surface area contributed by atoms with Crippen molar-refractivity contribution in [3.8, 4) is 5.75 Å². The van der Waals surface area contributed by atoms with Crippen LogP contribution in [0.2, 0.25) is 0 Å². The van der Waals surface area contributed by atoms with E-state index in [0.29, 0.717) is 36.7 Å². The first-order valence-corrected chi connectivity index (χ1v) is 9.89. The standard InChI is InChI=1S/C20H24N6O5/c1-12(10-31-11-13-3-4-17(30-2)16(7-13)26(28)29)24-9-15(18(21)27)20-23-8-14-5-6-22-19(14)25(20)24/h3-4,7-8,12,23H,5-6,9-11H2,1-2H3,(H2,21,27). The molecule has 11 nitrogen and oxygen atoms in total.